The van der Waals surface area contributed by atoms with Crippen LogP contribution in [-0.2, 0) is 10.5 Å². The molecule has 2 aromatic heterocycles. The fourth-order valence-corrected chi connectivity index (χ4v) is 3.10. The summed E-state index contributed by atoms with van der Waals surface area (Å²) in [6.45, 7) is 0.174. The molecule has 1 aliphatic rings. The van der Waals surface area contributed by atoms with E-state index in [0.29, 0.717) is 28.2 Å². The quantitative estimate of drug-likeness (QED) is 0.263. The number of nitrogens with zero attached hydrogens (tertiary/aromatic N) is 2. The van der Waals surface area contributed by atoms with Crippen LogP contribution in [0.15, 0.2) is 69.4 Å². The molecule has 29 heavy (non-hydrogen) atoms. The van der Waals surface area contributed by atoms with Crippen LogP contribution in [0.25, 0.3) is 6.08 Å². The Hall–Kier alpha value is -3.59. The van der Waals surface area contributed by atoms with Gasteiger partial charge < -0.3 is 18.6 Å². The standard InChI is InChI=1S/C20H14N2O6S/c23-15-9-14(11-29-20-21-6-1-7-22-20)25-10-18(15)28-19(24)5-3-13-2-4-16-17(8-13)27-12-26-16/h1-10H,11-12H2/b5-3+. The lowest BCUT2D eigenvalue weighted by Crippen LogP contribution is -2.12. The van der Waals surface area contributed by atoms with Gasteiger partial charge in [0.2, 0.25) is 18.0 Å². The van der Waals surface area contributed by atoms with Crippen molar-refractivity contribution in [1.29, 1.82) is 0 Å². The van der Waals surface area contributed by atoms with E-state index in [2.05, 4.69) is 9.97 Å². The van der Waals surface area contributed by atoms with Gasteiger partial charge in [-0.25, -0.2) is 14.8 Å². The lowest BCUT2D eigenvalue weighted by atomic mass is 10.2. The van der Waals surface area contributed by atoms with Gasteiger partial charge in [-0.05, 0) is 29.8 Å². The van der Waals surface area contributed by atoms with Gasteiger partial charge in [0, 0.05) is 24.5 Å². The van der Waals surface area contributed by atoms with Crippen molar-refractivity contribution >= 4 is 23.8 Å². The van der Waals surface area contributed by atoms with E-state index >= 15 is 0 Å². The van der Waals surface area contributed by atoms with Crippen LogP contribution < -0.4 is 19.6 Å². The van der Waals surface area contributed by atoms with Gasteiger partial charge in [0.25, 0.3) is 0 Å². The van der Waals surface area contributed by atoms with Crippen molar-refractivity contribution < 1.29 is 23.4 Å². The minimum atomic E-state index is -0.699. The minimum Gasteiger partial charge on any atom is -0.464 e. The maximum absolute atomic E-state index is 12.2. The lowest BCUT2D eigenvalue weighted by Gasteiger charge is -2.02. The molecule has 0 atom stereocenters. The van der Waals surface area contributed by atoms with Crippen molar-refractivity contribution in [2.45, 2.75) is 10.9 Å². The Balaban J connectivity index is 1.36. The number of esters is 1. The van der Waals surface area contributed by atoms with Crippen molar-refractivity contribution in [3.05, 3.63) is 76.6 Å². The Morgan fingerprint density at radius 2 is 2.00 bits per heavy atom. The number of fused-ring (bicyclic) bond motifs is 1. The smallest absolute Gasteiger partial charge is 0.336 e. The molecule has 0 saturated carbocycles. The zero-order valence-corrected chi connectivity index (χ0v) is 15.8. The van der Waals surface area contributed by atoms with E-state index in [0.717, 1.165) is 11.8 Å². The molecule has 1 aliphatic heterocycles. The summed E-state index contributed by atoms with van der Waals surface area (Å²) < 4.78 is 20.9. The molecule has 9 heteroatoms. The van der Waals surface area contributed by atoms with Crippen molar-refractivity contribution in [1.82, 2.24) is 9.97 Å². The highest BCUT2D eigenvalue weighted by Gasteiger charge is 2.13. The summed E-state index contributed by atoms with van der Waals surface area (Å²) in [5.41, 5.74) is 0.277. The van der Waals surface area contributed by atoms with Crippen LogP contribution in [0.5, 0.6) is 17.2 Å². The van der Waals surface area contributed by atoms with Crippen LogP contribution in [0.4, 0.5) is 0 Å². The lowest BCUT2D eigenvalue weighted by molar-refractivity contribution is -0.129. The Kier molecular flexibility index (Phi) is 5.57. The highest BCUT2D eigenvalue weighted by molar-refractivity contribution is 7.98. The zero-order chi connectivity index (χ0) is 20.1. The summed E-state index contributed by atoms with van der Waals surface area (Å²) in [6.07, 6.45) is 7.15. The Bertz CT molecular complexity index is 1110. The van der Waals surface area contributed by atoms with E-state index in [9.17, 15) is 9.59 Å². The van der Waals surface area contributed by atoms with E-state index < -0.39 is 11.4 Å². The third-order valence-electron chi connectivity index (χ3n) is 3.76. The summed E-state index contributed by atoms with van der Waals surface area (Å²) in [5, 5.41) is 0.569. The van der Waals surface area contributed by atoms with E-state index in [1.165, 1.54) is 23.9 Å². The van der Waals surface area contributed by atoms with Crippen LogP contribution >= 0.6 is 11.8 Å². The molecule has 0 unspecified atom stereocenters. The number of hydrogen-bond donors (Lipinski definition) is 0. The fraction of sp³-hybridized carbons (Fsp3) is 0.100. The highest BCUT2D eigenvalue weighted by atomic mass is 32.2. The predicted octanol–water partition coefficient (Wildman–Crippen LogP) is 3.07. The van der Waals surface area contributed by atoms with E-state index in [1.807, 2.05) is 0 Å². The van der Waals surface area contributed by atoms with Gasteiger partial charge in [-0.2, -0.15) is 0 Å². The Morgan fingerprint density at radius 3 is 2.83 bits per heavy atom. The molecule has 8 nitrogen and oxygen atoms in total. The number of carbonyl (C=O) groups is 1. The molecular weight excluding hydrogens is 396 g/mol. The summed E-state index contributed by atoms with van der Waals surface area (Å²) in [6, 6.07) is 8.26. The molecule has 3 aromatic rings. The van der Waals surface area contributed by atoms with Gasteiger partial charge >= 0.3 is 5.97 Å². The zero-order valence-electron chi connectivity index (χ0n) is 14.9. The molecule has 0 amide bonds. The minimum absolute atomic E-state index is 0.174. The number of aromatic nitrogens is 2. The molecule has 0 radical (unpaired) electrons. The third-order valence-corrected chi connectivity index (χ3v) is 4.65. The maximum atomic E-state index is 12.2. The first-order valence-corrected chi connectivity index (χ1v) is 9.47. The summed E-state index contributed by atoms with van der Waals surface area (Å²) in [4.78, 5) is 32.3. The molecule has 3 heterocycles. The van der Waals surface area contributed by atoms with Gasteiger partial charge in [0.15, 0.2) is 16.7 Å². The molecule has 4 rings (SSSR count). The van der Waals surface area contributed by atoms with Crippen LogP contribution in [0.3, 0.4) is 0 Å². The first-order valence-electron chi connectivity index (χ1n) is 8.48. The molecule has 146 valence electrons. The van der Waals surface area contributed by atoms with Crippen molar-refractivity contribution in [3.8, 4) is 17.2 Å². The number of ether oxygens (including phenoxy) is 3. The second-order valence-electron chi connectivity index (χ2n) is 5.76. The van der Waals surface area contributed by atoms with E-state index in [4.69, 9.17) is 18.6 Å². The van der Waals surface area contributed by atoms with E-state index in [-0.39, 0.29) is 12.5 Å². The molecule has 1 aromatic carbocycles. The van der Waals surface area contributed by atoms with Crippen molar-refractivity contribution in [3.63, 3.8) is 0 Å². The predicted molar refractivity (Wildman–Crippen MR) is 104 cm³/mol. The third kappa shape index (κ3) is 4.82. The average Bonchev–Trinajstić information content (AvgIpc) is 3.21. The Labute approximate surface area is 169 Å². The number of hydrogen-bond acceptors (Lipinski definition) is 9. The number of carbonyl (C=O) groups excluding carboxylic acids is 1. The molecular formula is C20H14N2O6S. The molecule has 0 spiro atoms. The number of rotatable bonds is 6. The van der Waals surface area contributed by atoms with Gasteiger partial charge in [-0.15, -0.1) is 0 Å². The van der Waals surface area contributed by atoms with E-state index in [1.54, 1.807) is 42.7 Å². The highest BCUT2D eigenvalue weighted by Crippen LogP contribution is 2.32. The van der Waals surface area contributed by atoms with Gasteiger partial charge in [0.05, 0.1) is 5.75 Å². The summed E-state index contributed by atoms with van der Waals surface area (Å²) in [5.74, 6) is 1.17. The average molecular weight is 410 g/mol. The maximum Gasteiger partial charge on any atom is 0.336 e. The molecule has 0 fully saturated rings. The van der Waals surface area contributed by atoms with Gasteiger partial charge in [-0.1, -0.05) is 17.8 Å². The summed E-state index contributed by atoms with van der Waals surface area (Å²) >= 11 is 1.32. The van der Waals surface area contributed by atoms with Crippen LogP contribution in [-0.4, -0.2) is 22.7 Å². The largest absolute Gasteiger partial charge is 0.464 e. The summed E-state index contributed by atoms with van der Waals surface area (Å²) in [7, 11) is 0. The number of benzene rings is 1. The second kappa shape index (κ2) is 8.61. The fourth-order valence-electron chi connectivity index (χ4n) is 2.41. The Morgan fingerprint density at radius 1 is 1.17 bits per heavy atom. The van der Waals surface area contributed by atoms with Crippen LogP contribution in [0.1, 0.15) is 11.3 Å². The first-order chi connectivity index (χ1) is 14.2. The molecule has 0 saturated heterocycles. The van der Waals surface area contributed by atoms with Crippen molar-refractivity contribution in [2.75, 3.05) is 6.79 Å². The monoisotopic (exact) mass is 410 g/mol. The SMILES string of the molecule is O=C(/C=C/c1ccc2c(c1)OCO2)Oc1coc(CSc2ncccn2)cc1=O. The van der Waals surface area contributed by atoms with Crippen LogP contribution in [0, 0.1) is 0 Å². The van der Waals surface area contributed by atoms with Gasteiger partial charge in [-0.3, -0.25) is 4.79 Å². The van der Waals surface area contributed by atoms with Crippen LogP contribution in [0.2, 0.25) is 0 Å². The molecule has 0 aliphatic carbocycles. The normalized spacial score (nSPS) is 12.3. The second-order valence-corrected chi connectivity index (χ2v) is 6.70. The topological polar surface area (TPSA) is 101 Å². The molecule has 0 bridgehead atoms. The first kappa shape index (κ1) is 18.8. The molecule has 0 N–H and O–H groups in total. The van der Waals surface area contributed by atoms with Crippen molar-refractivity contribution in [2.24, 2.45) is 0 Å². The number of thioether (sulfide) groups is 1. The van der Waals surface area contributed by atoms with Gasteiger partial charge in [0.1, 0.15) is 12.0 Å².